The molecule has 0 spiro atoms. The molecule has 7 heteroatoms. The number of ether oxygens (including phenoxy) is 1. The smallest absolute Gasteiger partial charge is 0.314 e. The number of rotatable bonds is 3. The minimum absolute atomic E-state index is 0.111. The highest BCUT2D eigenvalue weighted by Gasteiger charge is 2.15. The summed E-state index contributed by atoms with van der Waals surface area (Å²) in [6.07, 6.45) is 1.48. The molecule has 2 rings (SSSR count). The standard InChI is InChI=1S/C14H12ClN3O3/c1-21-10-5-2-4-9(8-10)17-13(19)14(20)18-11-6-3-7-16-12(11)15/h2-8H,1H3,(H,17,19)(H,18,20). The predicted octanol–water partition coefficient (Wildman–Crippen LogP) is 2.32. The van der Waals surface area contributed by atoms with Crippen LogP contribution in [0.15, 0.2) is 42.6 Å². The number of anilines is 2. The Morgan fingerprint density at radius 1 is 1.14 bits per heavy atom. The zero-order chi connectivity index (χ0) is 15.2. The van der Waals surface area contributed by atoms with Crippen molar-refractivity contribution in [3.63, 3.8) is 0 Å². The van der Waals surface area contributed by atoms with Crippen LogP contribution in [0.5, 0.6) is 5.75 Å². The Balaban J connectivity index is 2.03. The number of amides is 2. The fourth-order valence-electron chi connectivity index (χ4n) is 1.55. The van der Waals surface area contributed by atoms with Gasteiger partial charge >= 0.3 is 11.8 Å². The number of pyridine rings is 1. The minimum Gasteiger partial charge on any atom is -0.497 e. The van der Waals surface area contributed by atoms with Gasteiger partial charge in [-0.05, 0) is 24.3 Å². The number of hydrogen-bond donors (Lipinski definition) is 2. The maximum atomic E-state index is 11.8. The van der Waals surface area contributed by atoms with Crippen LogP contribution < -0.4 is 15.4 Å². The molecule has 0 radical (unpaired) electrons. The minimum atomic E-state index is -0.840. The number of hydrogen-bond acceptors (Lipinski definition) is 4. The third kappa shape index (κ3) is 3.93. The van der Waals surface area contributed by atoms with E-state index in [0.29, 0.717) is 11.4 Å². The first-order chi connectivity index (χ1) is 10.1. The van der Waals surface area contributed by atoms with Gasteiger partial charge in [0, 0.05) is 18.0 Å². The van der Waals surface area contributed by atoms with E-state index >= 15 is 0 Å². The van der Waals surface area contributed by atoms with Gasteiger partial charge in [-0.15, -0.1) is 0 Å². The highest BCUT2D eigenvalue weighted by Crippen LogP contribution is 2.18. The van der Waals surface area contributed by atoms with E-state index in [-0.39, 0.29) is 10.8 Å². The largest absolute Gasteiger partial charge is 0.497 e. The van der Waals surface area contributed by atoms with E-state index in [9.17, 15) is 9.59 Å². The molecule has 6 nitrogen and oxygen atoms in total. The number of halogens is 1. The van der Waals surface area contributed by atoms with Gasteiger partial charge in [0.15, 0.2) is 5.15 Å². The third-order valence-electron chi connectivity index (χ3n) is 2.54. The van der Waals surface area contributed by atoms with Gasteiger partial charge in [-0.3, -0.25) is 9.59 Å². The fourth-order valence-corrected chi connectivity index (χ4v) is 1.71. The number of nitrogens with one attached hydrogen (secondary N) is 2. The van der Waals surface area contributed by atoms with Gasteiger partial charge in [0.25, 0.3) is 0 Å². The van der Waals surface area contributed by atoms with Crippen molar-refractivity contribution < 1.29 is 14.3 Å². The zero-order valence-corrected chi connectivity index (χ0v) is 11.8. The van der Waals surface area contributed by atoms with Crippen LogP contribution in [-0.2, 0) is 9.59 Å². The molecule has 21 heavy (non-hydrogen) atoms. The van der Waals surface area contributed by atoms with Gasteiger partial charge in [0.1, 0.15) is 5.75 Å². The molecule has 0 unspecified atom stereocenters. The topological polar surface area (TPSA) is 80.3 Å². The highest BCUT2D eigenvalue weighted by molar-refractivity contribution is 6.44. The van der Waals surface area contributed by atoms with Crippen molar-refractivity contribution in [3.8, 4) is 5.75 Å². The first kappa shape index (κ1) is 14.8. The van der Waals surface area contributed by atoms with Gasteiger partial charge in [-0.2, -0.15) is 0 Å². The molecule has 0 fully saturated rings. The second kappa shape index (κ2) is 6.71. The first-order valence-corrected chi connectivity index (χ1v) is 6.35. The number of carbonyl (C=O) groups excluding carboxylic acids is 2. The zero-order valence-electron chi connectivity index (χ0n) is 11.1. The van der Waals surface area contributed by atoms with Crippen LogP contribution in [0.25, 0.3) is 0 Å². The molecule has 1 aromatic carbocycles. The lowest BCUT2D eigenvalue weighted by molar-refractivity contribution is -0.133. The maximum absolute atomic E-state index is 11.8. The first-order valence-electron chi connectivity index (χ1n) is 5.97. The molecule has 2 aromatic rings. The number of nitrogens with zero attached hydrogens (tertiary/aromatic N) is 1. The van der Waals surface area contributed by atoms with Gasteiger partial charge < -0.3 is 15.4 Å². The molecular formula is C14H12ClN3O3. The van der Waals surface area contributed by atoms with E-state index < -0.39 is 11.8 Å². The normalized spacial score (nSPS) is 9.81. The number of benzene rings is 1. The monoisotopic (exact) mass is 305 g/mol. The number of aromatic nitrogens is 1. The summed E-state index contributed by atoms with van der Waals surface area (Å²) in [4.78, 5) is 27.4. The molecular weight excluding hydrogens is 294 g/mol. The Hall–Kier alpha value is -2.60. The van der Waals surface area contributed by atoms with E-state index in [4.69, 9.17) is 16.3 Å². The van der Waals surface area contributed by atoms with Gasteiger partial charge in [0.05, 0.1) is 12.8 Å². The summed E-state index contributed by atoms with van der Waals surface area (Å²) in [5.74, 6) is -1.08. The van der Waals surface area contributed by atoms with Crippen molar-refractivity contribution in [2.45, 2.75) is 0 Å². The van der Waals surface area contributed by atoms with Crippen LogP contribution in [0.1, 0.15) is 0 Å². The Morgan fingerprint density at radius 2 is 1.90 bits per heavy atom. The van der Waals surface area contributed by atoms with Crippen LogP contribution in [0, 0.1) is 0 Å². The molecule has 0 saturated heterocycles. The van der Waals surface area contributed by atoms with E-state index in [1.807, 2.05) is 0 Å². The highest BCUT2D eigenvalue weighted by atomic mass is 35.5. The van der Waals surface area contributed by atoms with E-state index in [0.717, 1.165) is 0 Å². The predicted molar refractivity (Wildman–Crippen MR) is 79.5 cm³/mol. The molecule has 1 heterocycles. The van der Waals surface area contributed by atoms with Gasteiger partial charge in [0.2, 0.25) is 0 Å². The van der Waals surface area contributed by atoms with E-state index in [1.54, 1.807) is 36.4 Å². The van der Waals surface area contributed by atoms with Crippen molar-refractivity contribution >= 4 is 34.8 Å². The lowest BCUT2D eigenvalue weighted by Gasteiger charge is -2.08. The van der Waals surface area contributed by atoms with E-state index in [1.165, 1.54) is 13.3 Å². The lowest BCUT2D eigenvalue weighted by Crippen LogP contribution is -2.29. The molecule has 2 amide bonds. The molecule has 108 valence electrons. The summed E-state index contributed by atoms with van der Waals surface area (Å²) in [5, 5.41) is 4.95. The summed E-state index contributed by atoms with van der Waals surface area (Å²) < 4.78 is 5.03. The average Bonchev–Trinajstić information content (AvgIpc) is 2.49. The van der Waals surface area contributed by atoms with Crippen LogP contribution >= 0.6 is 11.6 Å². The molecule has 0 atom stereocenters. The van der Waals surface area contributed by atoms with Crippen molar-refractivity contribution in [3.05, 3.63) is 47.7 Å². The molecule has 0 aliphatic heterocycles. The molecule has 0 aliphatic carbocycles. The Kier molecular flexibility index (Phi) is 4.73. The fraction of sp³-hybridized carbons (Fsp3) is 0.0714. The summed E-state index contributed by atoms with van der Waals surface area (Å²) in [7, 11) is 1.51. The molecule has 1 aromatic heterocycles. The van der Waals surface area contributed by atoms with E-state index in [2.05, 4.69) is 15.6 Å². The Bertz CT molecular complexity index is 676. The average molecular weight is 306 g/mol. The van der Waals surface area contributed by atoms with Crippen molar-refractivity contribution in [2.75, 3.05) is 17.7 Å². The second-order valence-electron chi connectivity index (χ2n) is 3.98. The molecule has 0 aliphatic rings. The van der Waals surface area contributed by atoms with Crippen molar-refractivity contribution in [1.29, 1.82) is 0 Å². The van der Waals surface area contributed by atoms with Gasteiger partial charge in [-0.1, -0.05) is 17.7 Å². The molecule has 0 bridgehead atoms. The summed E-state index contributed by atoms with van der Waals surface area (Å²) >= 11 is 5.80. The molecule has 2 N–H and O–H groups in total. The SMILES string of the molecule is COc1cccc(NC(=O)C(=O)Nc2cccnc2Cl)c1. The van der Waals surface area contributed by atoms with Crippen LogP contribution in [0.4, 0.5) is 11.4 Å². The van der Waals surface area contributed by atoms with Crippen LogP contribution in [-0.4, -0.2) is 23.9 Å². The summed E-state index contributed by atoms with van der Waals surface area (Å²) in [5.41, 5.74) is 0.719. The summed E-state index contributed by atoms with van der Waals surface area (Å²) in [6.45, 7) is 0. The van der Waals surface area contributed by atoms with Crippen molar-refractivity contribution in [2.24, 2.45) is 0 Å². The van der Waals surface area contributed by atoms with Gasteiger partial charge in [-0.25, -0.2) is 4.98 Å². The lowest BCUT2D eigenvalue weighted by atomic mass is 10.3. The molecule has 0 saturated carbocycles. The van der Waals surface area contributed by atoms with Crippen LogP contribution in [0.3, 0.4) is 0 Å². The quantitative estimate of drug-likeness (QED) is 0.673. The number of methoxy groups -OCH3 is 1. The maximum Gasteiger partial charge on any atom is 0.314 e. The second-order valence-corrected chi connectivity index (χ2v) is 4.34. The number of carbonyl (C=O) groups is 2. The Labute approximate surface area is 126 Å². The van der Waals surface area contributed by atoms with Crippen LogP contribution in [0.2, 0.25) is 5.15 Å². The summed E-state index contributed by atoms with van der Waals surface area (Å²) in [6, 6.07) is 9.82. The Morgan fingerprint density at radius 3 is 2.62 bits per heavy atom. The van der Waals surface area contributed by atoms with Crippen molar-refractivity contribution in [1.82, 2.24) is 4.98 Å². The third-order valence-corrected chi connectivity index (χ3v) is 2.84.